The maximum Gasteiger partial charge on any atom is 0.145 e. The summed E-state index contributed by atoms with van der Waals surface area (Å²) in [6, 6.07) is 9.73. The van der Waals surface area contributed by atoms with Gasteiger partial charge in [0, 0.05) is 19.7 Å². The lowest BCUT2D eigenvalue weighted by atomic mass is 10.2. The van der Waals surface area contributed by atoms with E-state index in [0.29, 0.717) is 5.82 Å². The molecule has 3 N–H and O–H groups in total. The summed E-state index contributed by atoms with van der Waals surface area (Å²) in [4.78, 5) is 10.2. The third-order valence-corrected chi connectivity index (χ3v) is 2.77. The average molecular weight is 259 g/mol. The van der Waals surface area contributed by atoms with Gasteiger partial charge in [0.25, 0.3) is 0 Å². The molecule has 1 heterocycles. The largest absolute Gasteiger partial charge is 0.497 e. The molecule has 0 saturated carbocycles. The van der Waals surface area contributed by atoms with E-state index in [1.807, 2.05) is 36.2 Å². The molecule has 0 amide bonds. The minimum absolute atomic E-state index is 0.589. The van der Waals surface area contributed by atoms with Gasteiger partial charge in [0.1, 0.15) is 23.7 Å². The van der Waals surface area contributed by atoms with Crippen LogP contribution in [-0.2, 0) is 6.54 Å². The van der Waals surface area contributed by atoms with Crippen LogP contribution in [0.2, 0.25) is 0 Å². The summed E-state index contributed by atoms with van der Waals surface area (Å²) in [5, 5.41) is 0. The van der Waals surface area contributed by atoms with Crippen molar-refractivity contribution in [2.45, 2.75) is 6.54 Å². The molecular formula is C13H17N5O. The van der Waals surface area contributed by atoms with E-state index in [4.69, 9.17) is 10.6 Å². The van der Waals surface area contributed by atoms with Crippen LogP contribution in [0.4, 0.5) is 11.6 Å². The number of hydrogen-bond acceptors (Lipinski definition) is 6. The first-order chi connectivity index (χ1) is 9.22. The summed E-state index contributed by atoms with van der Waals surface area (Å²) in [5.74, 6) is 7.57. The van der Waals surface area contributed by atoms with Crippen LogP contribution in [0.1, 0.15) is 5.56 Å². The zero-order chi connectivity index (χ0) is 13.7. The molecule has 1 aromatic carbocycles. The normalized spacial score (nSPS) is 10.1. The van der Waals surface area contributed by atoms with E-state index in [1.54, 1.807) is 13.2 Å². The number of nitrogen functional groups attached to an aromatic ring is 1. The van der Waals surface area contributed by atoms with E-state index < -0.39 is 0 Å². The van der Waals surface area contributed by atoms with Crippen molar-refractivity contribution in [2.24, 2.45) is 5.84 Å². The van der Waals surface area contributed by atoms with Gasteiger partial charge in [0.15, 0.2) is 0 Å². The number of benzene rings is 1. The Hall–Kier alpha value is -2.34. The summed E-state index contributed by atoms with van der Waals surface area (Å²) in [7, 11) is 3.62. The van der Waals surface area contributed by atoms with Gasteiger partial charge in [0.05, 0.1) is 7.11 Å². The number of hydrazine groups is 1. The predicted octanol–water partition coefficient (Wildman–Crippen LogP) is 1.41. The van der Waals surface area contributed by atoms with Crippen LogP contribution in [0.5, 0.6) is 5.75 Å². The molecule has 0 aliphatic carbocycles. The molecule has 0 aliphatic heterocycles. The van der Waals surface area contributed by atoms with Gasteiger partial charge in [-0.15, -0.1) is 0 Å². The number of methoxy groups -OCH3 is 1. The average Bonchev–Trinajstić information content (AvgIpc) is 2.48. The zero-order valence-electron chi connectivity index (χ0n) is 11.0. The van der Waals surface area contributed by atoms with Gasteiger partial charge in [-0.05, 0) is 17.7 Å². The Balaban J connectivity index is 2.08. The number of nitrogens with zero attached hydrogens (tertiary/aromatic N) is 3. The molecule has 0 atom stereocenters. The molecule has 0 bridgehead atoms. The zero-order valence-corrected chi connectivity index (χ0v) is 11.0. The minimum Gasteiger partial charge on any atom is -0.497 e. The minimum atomic E-state index is 0.589. The summed E-state index contributed by atoms with van der Waals surface area (Å²) in [5.41, 5.74) is 3.68. The third-order valence-electron chi connectivity index (χ3n) is 2.77. The number of aromatic nitrogens is 2. The van der Waals surface area contributed by atoms with Crippen molar-refractivity contribution in [3.8, 4) is 5.75 Å². The number of nitrogens with one attached hydrogen (secondary N) is 1. The monoisotopic (exact) mass is 259 g/mol. The molecule has 0 spiro atoms. The highest BCUT2D eigenvalue weighted by molar-refractivity contribution is 5.47. The van der Waals surface area contributed by atoms with Crippen molar-refractivity contribution in [3.63, 3.8) is 0 Å². The lowest BCUT2D eigenvalue weighted by Gasteiger charge is -2.18. The Morgan fingerprint density at radius 1 is 1.26 bits per heavy atom. The Morgan fingerprint density at radius 2 is 2.00 bits per heavy atom. The molecule has 0 radical (unpaired) electrons. The molecule has 0 unspecified atom stereocenters. The predicted molar refractivity (Wildman–Crippen MR) is 74.9 cm³/mol. The van der Waals surface area contributed by atoms with Crippen LogP contribution in [0.3, 0.4) is 0 Å². The van der Waals surface area contributed by atoms with Crippen LogP contribution >= 0.6 is 0 Å². The number of ether oxygens (including phenoxy) is 1. The number of anilines is 2. The van der Waals surface area contributed by atoms with Gasteiger partial charge in [-0.1, -0.05) is 12.1 Å². The second-order valence-corrected chi connectivity index (χ2v) is 4.11. The Morgan fingerprint density at radius 3 is 2.63 bits per heavy atom. The van der Waals surface area contributed by atoms with Crippen molar-refractivity contribution >= 4 is 11.6 Å². The molecule has 6 heteroatoms. The van der Waals surface area contributed by atoms with Gasteiger partial charge >= 0.3 is 0 Å². The van der Waals surface area contributed by atoms with Crippen LogP contribution < -0.4 is 20.9 Å². The van der Waals surface area contributed by atoms with Crippen molar-refractivity contribution in [2.75, 3.05) is 24.5 Å². The Bertz CT molecular complexity index is 529. The third kappa shape index (κ3) is 3.32. The van der Waals surface area contributed by atoms with Crippen molar-refractivity contribution in [3.05, 3.63) is 42.2 Å². The molecule has 2 rings (SSSR count). The van der Waals surface area contributed by atoms with E-state index in [0.717, 1.165) is 18.1 Å². The summed E-state index contributed by atoms with van der Waals surface area (Å²) in [6.07, 6.45) is 1.48. The fourth-order valence-corrected chi connectivity index (χ4v) is 1.72. The van der Waals surface area contributed by atoms with Gasteiger partial charge in [-0.25, -0.2) is 15.8 Å². The van der Waals surface area contributed by atoms with Crippen molar-refractivity contribution in [1.82, 2.24) is 9.97 Å². The lowest BCUT2D eigenvalue weighted by molar-refractivity contribution is 0.414. The van der Waals surface area contributed by atoms with Gasteiger partial charge in [0.2, 0.25) is 0 Å². The highest BCUT2D eigenvalue weighted by Crippen LogP contribution is 2.17. The van der Waals surface area contributed by atoms with Crippen LogP contribution in [0.15, 0.2) is 36.7 Å². The van der Waals surface area contributed by atoms with Gasteiger partial charge in [-0.3, -0.25) is 0 Å². The van der Waals surface area contributed by atoms with E-state index in [9.17, 15) is 0 Å². The van der Waals surface area contributed by atoms with Gasteiger partial charge in [-0.2, -0.15) is 0 Å². The van der Waals surface area contributed by atoms with E-state index >= 15 is 0 Å². The summed E-state index contributed by atoms with van der Waals surface area (Å²) in [6.45, 7) is 0.741. The molecule has 19 heavy (non-hydrogen) atoms. The quantitative estimate of drug-likeness (QED) is 0.624. The lowest BCUT2D eigenvalue weighted by Crippen LogP contribution is -2.18. The second-order valence-electron chi connectivity index (χ2n) is 4.11. The fraction of sp³-hybridized carbons (Fsp3) is 0.231. The molecule has 100 valence electrons. The first-order valence-electron chi connectivity index (χ1n) is 5.85. The fourth-order valence-electron chi connectivity index (χ4n) is 1.72. The smallest absolute Gasteiger partial charge is 0.145 e. The number of hydrogen-bond donors (Lipinski definition) is 2. The summed E-state index contributed by atoms with van der Waals surface area (Å²) < 4.78 is 5.13. The van der Waals surface area contributed by atoms with Crippen molar-refractivity contribution in [1.29, 1.82) is 0 Å². The van der Waals surface area contributed by atoms with Crippen molar-refractivity contribution < 1.29 is 4.74 Å². The maximum atomic E-state index is 5.33. The number of nitrogens with two attached hydrogens (primary N) is 1. The molecular weight excluding hydrogens is 242 g/mol. The second kappa shape index (κ2) is 6.01. The van der Waals surface area contributed by atoms with Crippen LogP contribution in [0, 0.1) is 0 Å². The van der Waals surface area contributed by atoms with E-state index in [1.165, 1.54) is 11.9 Å². The maximum absolute atomic E-state index is 5.33. The van der Waals surface area contributed by atoms with Crippen LogP contribution in [0.25, 0.3) is 0 Å². The molecule has 0 aliphatic rings. The highest BCUT2D eigenvalue weighted by atomic mass is 16.5. The Kier molecular flexibility index (Phi) is 4.15. The standard InChI is InChI=1S/C13H17N5O/c1-18(13-7-12(17-14)15-9-16-13)8-10-3-5-11(19-2)6-4-10/h3-7,9H,8,14H2,1-2H3,(H,15,16,17). The molecule has 1 aromatic heterocycles. The summed E-state index contributed by atoms with van der Waals surface area (Å²) >= 11 is 0. The SMILES string of the molecule is COc1ccc(CN(C)c2cc(NN)ncn2)cc1. The first-order valence-corrected chi connectivity index (χ1v) is 5.85. The van der Waals surface area contributed by atoms with E-state index in [-0.39, 0.29) is 0 Å². The first kappa shape index (κ1) is 13.1. The Labute approximate surface area is 112 Å². The van der Waals surface area contributed by atoms with Gasteiger partial charge < -0.3 is 15.1 Å². The topological polar surface area (TPSA) is 76.3 Å². The highest BCUT2D eigenvalue weighted by Gasteiger charge is 2.05. The van der Waals surface area contributed by atoms with Crippen LogP contribution in [-0.4, -0.2) is 24.1 Å². The number of rotatable bonds is 5. The molecule has 0 fully saturated rings. The molecule has 0 saturated heterocycles. The van der Waals surface area contributed by atoms with E-state index in [2.05, 4.69) is 15.4 Å². The molecule has 2 aromatic rings. The molecule has 6 nitrogen and oxygen atoms in total.